The number of sulfonamides is 1. The summed E-state index contributed by atoms with van der Waals surface area (Å²) < 4.78 is 28.0. The largest absolute Gasteiger partial charge is 0.321 e. The van der Waals surface area contributed by atoms with Crippen molar-refractivity contribution < 1.29 is 13.2 Å². The topological polar surface area (TPSA) is 66.5 Å². The van der Waals surface area contributed by atoms with Gasteiger partial charge >= 0.3 is 0 Å². The molecule has 5 rings (SSSR count). The second kappa shape index (κ2) is 8.21. The first-order valence-corrected chi connectivity index (χ1v) is 12.4. The Kier molecular flexibility index (Phi) is 5.35. The zero-order valence-electron chi connectivity index (χ0n) is 17.8. The molecule has 0 bridgehead atoms. The molecule has 1 aliphatic heterocycles. The first kappa shape index (κ1) is 21.5. The first-order valence-electron chi connectivity index (χ1n) is 10.6. The summed E-state index contributed by atoms with van der Waals surface area (Å²) >= 11 is 5.92. The Morgan fingerprint density at radius 1 is 0.970 bits per heavy atom. The first-order chi connectivity index (χ1) is 15.8. The molecule has 0 spiro atoms. The van der Waals surface area contributed by atoms with E-state index in [1.807, 2.05) is 49.4 Å². The number of hydrogen-bond donors (Lipinski definition) is 1. The molecule has 1 heterocycles. The molecule has 4 aromatic rings. The molecule has 1 aliphatic rings. The van der Waals surface area contributed by atoms with Crippen LogP contribution in [0.15, 0.2) is 89.8 Å². The lowest BCUT2D eigenvalue weighted by Gasteiger charge is -2.24. The number of hydrogen-bond acceptors (Lipinski definition) is 3. The predicted molar refractivity (Wildman–Crippen MR) is 133 cm³/mol. The van der Waals surface area contributed by atoms with Crippen molar-refractivity contribution in [3.8, 4) is 0 Å². The summed E-state index contributed by atoms with van der Waals surface area (Å²) in [6, 6.07) is 24.7. The molecule has 4 aromatic carbocycles. The van der Waals surface area contributed by atoms with Crippen molar-refractivity contribution in [1.29, 1.82) is 0 Å². The van der Waals surface area contributed by atoms with Gasteiger partial charge in [0, 0.05) is 27.7 Å². The van der Waals surface area contributed by atoms with Crippen LogP contribution >= 0.6 is 11.6 Å². The van der Waals surface area contributed by atoms with E-state index < -0.39 is 10.0 Å². The van der Waals surface area contributed by atoms with Crippen LogP contribution in [0, 0.1) is 0 Å². The van der Waals surface area contributed by atoms with Crippen molar-refractivity contribution in [2.75, 3.05) is 9.62 Å². The molecular formula is C26H21ClN2O3S. The van der Waals surface area contributed by atoms with Gasteiger partial charge < -0.3 is 5.32 Å². The fraction of sp³-hybridized carbons (Fsp3) is 0.115. The Bertz CT molecular complexity index is 1480. The van der Waals surface area contributed by atoms with Gasteiger partial charge in [0.05, 0.1) is 10.6 Å². The van der Waals surface area contributed by atoms with Gasteiger partial charge in [-0.05, 0) is 72.8 Å². The van der Waals surface area contributed by atoms with E-state index in [1.165, 1.54) is 16.4 Å². The monoisotopic (exact) mass is 476 g/mol. The van der Waals surface area contributed by atoms with Crippen LogP contribution in [-0.4, -0.2) is 20.4 Å². The molecule has 1 atom stereocenters. The highest BCUT2D eigenvalue weighted by atomic mass is 35.5. The van der Waals surface area contributed by atoms with Crippen LogP contribution in [0.4, 0.5) is 11.4 Å². The Balaban J connectivity index is 1.45. The number of carbonyl (C=O) groups is 1. The van der Waals surface area contributed by atoms with Crippen LogP contribution in [0.3, 0.4) is 0 Å². The SMILES string of the molecule is C[C@H]1Cc2cc(C(=O)Nc3cccc4ccccc34)ccc2N1S(=O)(=O)c1ccc(Cl)cc1. The van der Waals surface area contributed by atoms with Gasteiger partial charge in [0.1, 0.15) is 0 Å². The number of carbonyl (C=O) groups excluding carboxylic acids is 1. The molecule has 1 amide bonds. The Labute approximate surface area is 197 Å². The fourth-order valence-electron chi connectivity index (χ4n) is 4.36. The van der Waals surface area contributed by atoms with E-state index >= 15 is 0 Å². The third-order valence-corrected chi connectivity index (χ3v) is 8.10. The van der Waals surface area contributed by atoms with E-state index in [0.29, 0.717) is 22.7 Å². The van der Waals surface area contributed by atoms with Crippen LogP contribution < -0.4 is 9.62 Å². The van der Waals surface area contributed by atoms with Crippen LogP contribution in [0.1, 0.15) is 22.8 Å². The highest BCUT2D eigenvalue weighted by Gasteiger charge is 2.36. The minimum Gasteiger partial charge on any atom is -0.321 e. The lowest BCUT2D eigenvalue weighted by atomic mass is 10.1. The molecular weight excluding hydrogens is 456 g/mol. The van der Waals surface area contributed by atoms with Gasteiger partial charge in [-0.2, -0.15) is 0 Å². The number of benzene rings is 4. The molecule has 0 aromatic heterocycles. The van der Waals surface area contributed by atoms with Crippen molar-refractivity contribution >= 4 is 49.7 Å². The lowest BCUT2D eigenvalue weighted by molar-refractivity contribution is 0.102. The van der Waals surface area contributed by atoms with Crippen molar-refractivity contribution in [2.24, 2.45) is 0 Å². The fourth-order valence-corrected chi connectivity index (χ4v) is 6.18. The number of anilines is 2. The Hall–Kier alpha value is -3.35. The molecule has 5 nitrogen and oxygen atoms in total. The standard InChI is InChI=1S/C26H21ClN2O3S/c1-17-15-20-16-19(26(30)28-24-8-4-6-18-5-2-3-7-23(18)24)9-14-25(20)29(17)33(31,32)22-12-10-21(27)11-13-22/h2-14,16-17H,15H2,1H3,(H,28,30)/t17-/m0/s1. The van der Waals surface area contributed by atoms with Gasteiger partial charge in [-0.25, -0.2) is 8.42 Å². The molecule has 7 heteroatoms. The molecule has 0 saturated heterocycles. The van der Waals surface area contributed by atoms with Crippen molar-refractivity contribution in [3.63, 3.8) is 0 Å². The summed E-state index contributed by atoms with van der Waals surface area (Å²) in [5.41, 5.74) is 2.64. The predicted octanol–water partition coefficient (Wildman–Crippen LogP) is 5.89. The zero-order valence-corrected chi connectivity index (χ0v) is 19.4. The van der Waals surface area contributed by atoms with Crippen molar-refractivity contribution in [1.82, 2.24) is 0 Å². The third-order valence-electron chi connectivity index (χ3n) is 5.90. The minimum absolute atomic E-state index is 0.185. The Morgan fingerprint density at radius 2 is 1.70 bits per heavy atom. The maximum Gasteiger partial charge on any atom is 0.264 e. The highest BCUT2D eigenvalue weighted by molar-refractivity contribution is 7.92. The summed E-state index contributed by atoms with van der Waals surface area (Å²) in [4.78, 5) is 13.2. The second-order valence-electron chi connectivity index (χ2n) is 8.13. The highest BCUT2D eigenvalue weighted by Crippen LogP contribution is 2.37. The maximum atomic E-state index is 13.3. The summed E-state index contributed by atoms with van der Waals surface area (Å²) in [5.74, 6) is -0.235. The number of nitrogens with one attached hydrogen (secondary N) is 1. The zero-order chi connectivity index (χ0) is 23.2. The van der Waals surface area contributed by atoms with E-state index in [0.717, 1.165) is 22.0 Å². The molecule has 0 aliphatic carbocycles. The average molecular weight is 477 g/mol. The number of fused-ring (bicyclic) bond motifs is 2. The number of nitrogens with zero attached hydrogens (tertiary/aromatic N) is 1. The molecule has 0 unspecified atom stereocenters. The maximum absolute atomic E-state index is 13.3. The summed E-state index contributed by atoms with van der Waals surface area (Å²) in [6.07, 6.45) is 0.525. The van der Waals surface area contributed by atoms with E-state index in [9.17, 15) is 13.2 Å². The number of halogens is 1. The second-order valence-corrected chi connectivity index (χ2v) is 10.4. The summed E-state index contributed by atoms with van der Waals surface area (Å²) in [5, 5.41) is 5.47. The normalized spacial score (nSPS) is 15.5. The lowest BCUT2D eigenvalue weighted by Crippen LogP contribution is -2.35. The molecule has 0 fully saturated rings. The summed E-state index contributed by atoms with van der Waals surface area (Å²) in [7, 11) is -3.75. The van der Waals surface area contributed by atoms with Crippen LogP contribution in [0.25, 0.3) is 10.8 Å². The molecule has 0 saturated carbocycles. The molecule has 33 heavy (non-hydrogen) atoms. The van der Waals surface area contributed by atoms with Gasteiger partial charge in [-0.3, -0.25) is 9.10 Å². The number of amides is 1. The van der Waals surface area contributed by atoms with Crippen LogP contribution in [0.2, 0.25) is 5.02 Å². The van der Waals surface area contributed by atoms with Crippen LogP contribution in [0.5, 0.6) is 0 Å². The van der Waals surface area contributed by atoms with Gasteiger partial charge in [-0.1, -0.05) is 48.0 Å². The van der Waals surface area contributed by atoms with E-state index in [2.05, 4.69) is 5.32 Å². The van der Waals surface area contributed by atoms with Crippen molar-refractivity contribution in [2.45, 2.75) is 24.3 Å². The van der Waals surface area contributed by atoms with Crippen LogP contribution in [-0.2, 0) is 16.4 Å². The van der Waals surface area contributed by atoms with E-state index in [4.69, 9.17) is 11.6 Å². The molecule has 1 N–H and O–H groups in total. The van der Waals surface area contributed by atoms with E-state index in [-0.39, 0.29) is 16.8 Å². The van der Waals surface area contributed by atoms with Gasteiger partial charge in [0.15, 0.2) is 0 Å². The molecule has 166 valence electrons. The number of rotatable bonds is 4. The Morgan fingerprint density at radius 3 is 2.48 bits per heavy atom. The minimum atomic E-state index is -3.75. The van der Waals surface area contributed by atoms with E-state index in [1.54, 1.807) is 30.3 Å². The van der Waals surface area contributed by atoms with Gasteiger partial charge in [0.25, 0.3) is 15.9 Å². The summed E-state index contributed by atoms with van der Waals surface area (Å²) in [6.45, 7) is 1.86. The average Bonchev–Trinajstić information content (AvgIpc) is 3.15. The van der Waals surface area contributed by atoms with Crippen molar-refractivity contribution in [3.05, 3.63) is 101 Å². The third kappa shape index (κ3) is 3.86. The quantitative estimate of drug-likeness (QED) is 0.399. The smallest absolute Gasteiger partial charge is 0.264 e. The molecule has 0 radical (unpaired) electrons. The van der Waals surface area contributed by atoms with Gasteiger partial charge in [-0.15, -0.1) is 0 Å². The van der Waals surface area contributed by atoms with Gasteiger partial charge in [0.2, 0.25) is 0 Å².